The second kappa shape index (κ2) is 4.27. The fourth-order valence-electron chi connectivity index (χ4n) is 3.33. The Morgan fingerprint density at radius 3 is 3.00 bits per heavy atom. The fourth-order valence-corrected chi connectivity index (χ4v) is 3.33. The molecule has 2 heterocycles. The zero-order valence-corrected chi connectivity index (χ0v) is 10.8. The predicted octanol–water partition coefficient (Wildman–Crippen LogP) is 2.20. The zero-order chi connectivity index (χ0) is 11.9. The molecular formula is C14H23NO2. The van der Waals surface area contributed by atoms with Crippen molar-refractivity contribution in [1.82, 2.24) is 4.90 Å². The molecule has 2 aliphatic heterocycles. The summed E-state index contributed by atoms with van der Waals surface area (Å²) in [6, 6.07) is 0.479. The minimum absolute atomic E-state index is 0.342. The standard InChI is InChI=1S/C14H23NO2/c1-14(5-6-14)9-13(16)15-7-2-3-11-10-17-8-4-12(11)15/h11-12H,2-10H2,1H3. The molecule has 1 saturated carbocycles. The van der Waals surface area contributed by atoms with Crippen LogP contribution in [0, 0.1) is 11.3 Å². The largest absolute Gasteiger partial charge is 0.381 e. The van der Waals surface area contributed by atoms with Crippen molar-refractivity contribution in [3.63, 3.8) is 0 Å². The molecule has 3 aliphatic rings. The number of rotatable bonds is 2. The molecule has 0 radical (unpaired) electrons. The molecule has 2 unspecified atom stereocenters. The summed E-state index contributed by atoms with van der Waals surface area (Å²) in [6.07, 6.45) is 6.70. The Kier molecular flexibility index (Phi) is 2.89. The van der Waals surface area contributed by atoms with E-state index in [1.807, 2.05) is 0 Å². The lowest BCUT2D eigenvalue weighted by Gasteiger charge is -2.44. The molecule has 0 aromatic rings. The third-order valence-electron chi connectivity index (χ3n) is 4.81. The van der Waals surface area contributed by atoms with Gasteiger partial charge in [0.25, 0.3) is 0 Å². The molecule has 3 fully saturated rings. The van der Waals surface area contributed by atoms with Gasteiger partial charge in [-0.3, -0.25) is 4.79 Å². The highest BCUT2D eigenvalue weighted by Gasteiger charge is 2.43. The molecule has 1 aliphatic carbocycles. The monoisotopic (exact) mass is 237 g/mol. The van der Waals surface area contributed by atoms with Crippen LogP contribution in [0.2, 0.25) is 0 Å². The van der Waals surface area contributed by atoms with Gasteiger partial charge >= 0.3 is 0 Å². The average molecular weight is 237 g/mol. The smallest absolute Gasteiger partial charge is 0.223 e. The molecule has 17 heavy (non-hydrogen) atoms. The Bertz CT molecular complexity index is 309. The first-order valence-corrected chi connectivity index (χ1v) is 7.05. The highest BCUT2D eigenvalue weighted by molar-refractivity contribution is 5.77. The summed E-state index contributed by atoms with van der Waals surface area (Å²) in [4.78, 5) is 14.6. The van der Waals surface area contributed by atoms with Crippen molar-refractivity contribution < 1.29 is 9.53 Å². The van der Waals surface area contributed by atoms with Crippen LogP contribution in [-0.4, -0.2) is 36.6 Å². The molecule has 2 saturated heterocycles. The van der Waals surface area contributed by atoms with Gasteiger partial charge in [0.2, 0.25) is 5.91 Å². The van der Waals surface area contributed by atoms with Gasteiger partial charge in [-0.2, -0.15) is 0 Å². The second-order valence-corrected chi connectivity index (χ2v) is 6.41. The maximum atomic E-state index is 12.4. The Balaban J connectivity index is 1.65. The predicted molar refractivity (Wildman–Crippen MR) is 65.6 cm³/mol. The van der Waals surface area contributed by atoms with Crippen LogP contribution in [0.4, 0.5) is 0 Å². The summed E-state index contributed by atoms with van der Waals surface area (Å²) in [7, 11) is 0. The topological polar surface area (TPSA) is 29.5 Å². The first-order chi connectivity index (χ1) is 8.18. The summed E-state index contributed by atoms with van der Waals surface area (Å²) < 4.78 is 5.54. The van der Waals surface area contributed by atoms with Crippen molar-refractivity contribution >= 4 is 5.91 Å². The number of ether oxygens (including phenoxy) is 1. The summed E-state index contributed by atoms with van der Waals surface area (Å²) in [5.41, 5.74) is 0.342. The molecule has 3 nitrogen and oxygen atoms in total. The van der Waals surface area contributed by atoms with Gasteiger partial charge in [0.05, 0.1) is 6.61 Å². The second-order valence-electron chi connectivity index (χ2n) is 6.41. The van der Waals surface area contributed by atoms with Gasteiger partial charge in [-0.25, -0.2) is 0 Å². The maximum absolute atomic E-state index is 12.4. The molecule has 0 aromatic heterocycles. The van der Waals surface area contributed by atoms with E-state index in [4.69, 9.17) is 4.74 Å². The number of hydrogen-bond donors (Lipinski definition) is 0. The first kappa shape index (κ1) is 11.5. The van der Waals surface area contributed by atoms with Gasteiger partial charge in [-0.15, -0.1) is 0 Å². The minimum atomic E-state index is 0.342. The van der Waals surface area contributed by atoms with Crippen LogP contribution in [0.5, 0.6) is 0 Å². The molecule has 0 bridgehead atoms. The molecule has 0 spiro atoms. The number of carbonyl (C=O) groups is 1. The van der Waals surface area contributed by atoms with Gasteiger partial charge in [-0.1, -0.05) is 6.92 Å². The number of hydrogen-bond acceptors (Lipinski definition) is 2. The highest BCUT2D eigenvalue weighted by atomic mass is 16.5. The van der Waals surface area contributed by atoms with Gasteiger partial charge in [0, 0.05) is 31.5 Å². The van der Waals surface area contributed by atoms with Crippen molar-refractivity contribution in [3.8, 4) is 0 Å². The van der Waals surface area contributed by atoms with E-state index in [2.05, 4.69) is 11.8 Å². The van der Waals surface area contributed by atoms with Crippen molar-refractivity contribution in [2.45, 2.75) is 51.5 Å². The van der Waals surface area contributed by atoms with E-state index < -0.39 is 0 Å². The molecule has 2 atom stereocenters. The van der Waals surface area contributed by atoms with Crippen molar-refractivity contribution in [2.24, 2.45) is 11.3 Å². The van der Waals surface area contributed by atoms with Crippen LogP contribution in [0.3, 0.4) is 0 Å². The molecule has 0 N–H and O–H groups in total. The third kappa shape index (κ3) is 2.35. The normalized spacial score (nSPS) is 35.2. The van der Waals surface area contributed by atoms with Crippen LogP contribution in [0.25, 0.3) is 0 Å². The Morgan fingerprint density at radius 2 is 2.24 bits per heavy atom. The van der Waals surface area contributed by atoms with E-state index in [1.54, 1.807) is 0 Å². The number of likely N-dealkylation sites (tertiary alicyclic amines) is 1. The summed E-state index contributed by atoms with van der Waals surface area (Å²) >= 11 is 0. The fraction of sp³-hybridized carbons (Fsp3) is 0.929. The van der Waals surface area contributed by atoms with Crippen LogP contribution < -0.4 is 0 Å². The molecule has 1 amide bonds. The lowest BCUT2D eigenvalue weighted by Crippen LogP contribution is -2.52. The maximum Gasteiger partial charge on any atom is 0.223 e. The quantitative estimate of drug-likeness (QED) is 0.737. The molecule has 3 rings (SSSR count). The third-order valence-corrected chi connectivity index (χ3v) is 4.81. The molecule has 0 aromatic carbocycles. The number of piperidine rings is 1. The van der Waals surface area contributed by atoms with Gasteiger partial charge < -0.3 is 9.64 Å². The van der Waals surface area contributed by atoms with Crippen molar-refractivity contribution in [2.75, 3.05) is 19.8 Å². The van der Waals surface area contributed by atoms with Crippen LogP contribution >= 0.6 is 0 Å². The Hall–Kier alpha value is -0.570. The SMILES string of the molecule is CC1(CC(=O)N2CCCC3COCCC32)CC1. The average Bonchev–Trinajstić information content (AvgIpc) is 3.06. The van der Waals surface area contributed by atoms with Gasteiger partial charge in [-0.05, 0) is 37.5 Å². The number of nitrogens with zero attached hydrogens (tertiary/aromatic N) is 1. The minimum Gasteiger partial charge on any atom is -0.381 e. The van der Waals surface area contributed by atoms with E-state index in [-0.39, 0.29) is 0 Å². The van der Waals surface area contributed by atoms with Crippen LogP contribution in [0.15, 0.2) is 0 Å². The van der Waals surface area contributed by atoms with Crippen LogP contribution in [-0.2, 0) is 9.53 Å². The number of carbonyl (C=O) groups excluding carboxylic acids is 1. The van der Waals surface area contributed by atoms with Crippen molar-refractivity contribution in [1.29, 1.82) is 0 Å². The van der Waals surface area contributed by atoms with Crippen LogP contribution in [0.1, 0.15) is 45.4 Å². The molecule has 3 heteroatoms. The van der Waals surface area contributed by atoms with E-state index in [0.717, 1.165) is 39.0 Å². The van der Waals surface area contributed by atoms with Gasteiger partial charge in [0.15, 0.2) is 0 Å². The summed E-state index contributed by atoms with van der Waals surface area (Å²) in [6.45, 7) is 4.93. The zero-order valence-electron chi connectivity index (χ0n) is 10.8. The first-order valence-electron chi connectivity index (χ1n) is 7.05. The molecule has 96 valence electrons. The summed E-state index contributed by atoms with van der Waals surface area (Å²) in [5, 5.41) is 0. The molecular weight excluding hydrogens is 214 g/mol. The number of amides is 1. The Labute approximate surface area is 104 Å². The lowest BCUT2D eigenvalue weighted by atomic mass is 9.86. The number of fused-ring (bicyclic) bond motifs is 1. The summed E-state index contributed by atoms with van der Waals surface area (Å²) in [5.74, 6) is 1.01. The van der Waals surface area contributed by atoms with E-state index in [0.29, 0.717) is 23.3 Å². The van der Waals surface area contributed by atoms with Gasteiger partial charge in [0.1, 0.15) is 0 Å². The van der Waals surface area contributed by atoms with E-state index >= 15 is 0 Å². The Morgan fingerprint density at radius 1 is 1.41 bits per heavy atom. The highest BCUT2D eigenvalue weighted by Crippen LogP contribution is 2.48. The van der Waals surface area contributed by atoms with E-state index in [1.165, 1.54) is 19.3 Å². The lowest BCUT2D eigenvalue weighted by molar-refractivity contribution is -0.141. The van der Waals surface area contributed by atoms with E-state index in [9.17, 15) is 4.79 Å². The van der Waals surface area contributed by atoms with Crippen molar-refractivity contribution in [3.05, 3.63) is 0 Å².